The van der Waals surface area contributed by atoms with Crippen LogP contribution in [0.1, 0.15) is 28.7 Å². The standard InChI is InChI=1S/C21H25ClN6O3S/c1-4-26-14-19(21(29)28-16(3)13-15(2)23-28)20(24-26)32(30,31)27-11-9-25(10-12-27)18-7-5-17(22)6-8-18/h5-8,13-14H,4,9-12H2,1-3H3. The molecule has 4 rings (SSSR count). The minimum absolute atomic E-state index is 0.0261. The van der Waals surface area contributed by atoms with E-state index in [-0.39, 0.29) is 23.7 Å². The van der Waals surface area contributed by atoms with E-state index < -0.39 is 15.9 Å². The molecule has 11 heteroatoms. The Morgan fingerprint density at radius 1 is 1.06 bits per heavy atom. The van der Waals surface area contributed by atoms with Gasteiger partial charge in [0.1, 0.15) is 5.56 Å². The number of anilines is 1. The summed E-state index contributed by atoms with van der Waals surface area (Å²) in [5.41, 5.74) is 2.33. The van der Waals surface area contributed by atoms with E-state index in [1.807, 2.05) is 31.2 Å². The van der Waals surface area contributed by atoms with Gasteiger partial charge in [0, 0.05) is 55.3 Å². The molecule has 1 fully saturated rings. The number of nitrogens with zero attached hydrogens (tertiary/aromatic N) is 6. The van der Waals surface area contributed by atoms with Gasteiger partial charge in [-0.05, 0) is 51.1 Å². The molecule has 0 atom stereocenters. The Bertz CT molecular complexity index is 1240. The van der Waals surface area contributed by atoms with E-state index >= 15 is 0 Å². The van der Waals surface area contributed by atoms with Crippen LogP contribution in [0.15, 0.2) is 41.6 Å². The summed E-state index contributed by atoms with van der Waals surface area (Å²) < 4.78 is 31.0. The lowest BCUT2D eigenvalue weighted by Gasteiger charge is -2.35. The molecule has 1 aliphatic heterocycles. The highest BCUT2D eigenvalue weighted by Gasteiger charge is 2.35. The maximum Gasteiger partial charge on any atom is 0.283 e. The minimum Gasteiger partial charge on any atom is -0.369 e. The molecule has 3 aromatic rings. The van der Waals surface area contributed by atoms with Gasteiger partial charge < -0.3 is 4.90 Å². The molecule has 0 N–H and O–H groups in total. The number of piperazine rings is 1. The Balaban J connectivity index is 1.60. The zero-order chi connectivity index (χ0) is 23.0. The van der Waals surface area contributed by atoms with E-state index in [4.69, 9.17) is 11.6 Å². The van der Waals surface area contributed by atoms with Crippen molar-refractivity contribution in [2.45, 2.75) is 32.3 Å². The van der Waals surface area contributed by atoms with Gasteiger partial charge in [-0.2, -0.15) is 14.5 Å². The lowest BCUT2D eigenvalue weighted by Crippen LogP contribution is -2.49. The summed E-state index contributed by atoms with van der Waals surface area (Å²) >= 11 is 5.96. The first kappa shape index (κ1) is 22.5. The van der Waals surface area contributed by atoms with Crippen molar-refractivity contribution in [3.8, 4) is 0 Å². The highest BCUT2D eigenvalue weighted by atomic mass is 35.5. The molecule has 0 radical (unpaired) electrons. The van der Waals surface area contributed by atoms with Crippen LogP contribution in [-0.4, -0.2) is 64.4 Å². The lowest BCUT2D eigenvalue weighted by molar-refractivity contribution is 0.0938. The molecule has 1 aromatic carbocycles. The largest absolute Gasteiger partial charge is 0.369 e. The van der Waals surface area contributed by atoms with Crippen LogP contribution in [-0.2, 0) is 16.6 Å². The number of halogens is 1. The summed E-state index contributed by atoms with van der Waals surface area (Å²) in [6.07, 6.45) is 1.48. The van der Waals surface area contributed by atoms with Gasteiger partial charge >= 0.3 is 0 Å². The first-order valence-electron chi connectivity index (χ1n) is 10.4. The van der Waals surface area contributed by atoms with Gasteiger partial charge in [0.15, 0.2) is 0 Å². The van der Waals surface area contributed by atoms with Crippen molar-refractivity contribution in [3.63, 3.8) is 0 Å². The number of sulfonamides is 1. The number of aryl methyl sites for hydroxylation is 3. The third-order valence-electron chi connectivity index (χ3n) is 5.50. The van der Waals surface area contributed by atoms with Crippen LogP contribution in [0.3, 0.4) is 0 Å². The van der Waals surface area contributed by atoms with Crippen LogP contribution in [0, 0.1) is 13.8 Å². The average Bonchev–Trinajstić information content (AvgIpc) is 3.37. The predicted molar refractivity (Wildman–Crippen MR) is 122 cm³/mol. The fraction of sp³-hybridized carbons (Fsp3) is 0.381. The number of hydrogen-bond donors (Lipinski definition) is 0. The molecule has 0 bridgehead atoms. The number of carbonyl (C=O) groups excluding carboxylic acids is 1. The van der Waals surface area contributed by atoms with Gasteiger partial charge in [0.2, 0.25) is 5.03 Å². The average molecular weight is 477 g/mol. The maximum absolute atomic E-state index is 13.5. The van der Waals surface area contributed by atoms with Crippen molar-refractivity contribution < 1.29 is 13.2 Å². The second kappa shape index (κ2) is 8.68. The number of hydrogen-bond acceptors (Lipinski definition) is 6. The highest BCUT2D eigenvalue weighted by molar-refractivity contribution is 7.89. The van der Waals surface area contributed by atoms with E-state index in [1.165, 1.54) is 19.9 Å². The van der Waals surface area contributed by atoms with Gasteiger partial charge in [-0.25, -0.2) is 13.1 Å². The number of carbonyl (C=O) groups is 1. The molecular weight excluding hydrogens is 452 g/mol. The third kappa shape index (κ3) is 4.17. The van der Waals surface area contributed by atoms with E-state index in [2.05, 4.69) is 15.1 Å². The van der Waals surface area contributed by atoms with Crippen LogP contribution in [0.5, 0.6) is 0 Å². The van der Waals surface area contributed by atoms with Crippen LogP contribution in [0.4, 0.5) is 5.69 Å². The molecule has 3 heterocycles. The van der Waals surface area contributed by atoms with Crippen LogP contribution >= 0.6 is 11.6 Å². The number of rotatable bonds is 5. The van der Waals surface area contributed by atoms with Crippen LogP contribution in [0.2, 0.25) is 5.02 Å². The third-order valence-corrected chi connectivity index (χ3v) is 7.59. The molecular formula is C21H25ClN6O3S. The Morgan fingerprint density at radius 3 is 2.28 bits per heavy atom. The maximum atomic E-state index is 13.5. The van der Waals surface area contributed by atoms with E-state index in [9.17, 15) is 13.2 Å². The van der Waals surface area contributed by atoms with E-state index in [1.54, 1.807) is 19.9 Å². The smallest absolute Gasteiger partial charge is 0.283 e. The fourth-order valence-corrected chi connectivity index (χ4v) is 5.45. The van der Waals surface area contributed by atoms with Crippen molar-refractivity contribution in [1.82, 2.24) is 23.9 Å². The molecule has 2 aromatic heterocycles. The van der Waals surface area contributed by atoms with E-state index in [0.717, 1.165) is 5.69 Å². The summed E-state index contributed by atoms with van der Waals surface area (Å²) in [7, 11) is -3.96. The molecule has 0 spiro atoms. The Hall–Kier alpha value is -2.69. The second-order valence-corrected chi connectivity index (χ2v) is 10.0. The number of benzene rings is 1. The van der Waals surface area contributed by atoms with Crippen molar-refractivity contribution in [2.24, 2.45) is 0 Å². The first-order valence-corrected chi connectivity index (χ1v) is 12.2. The fourth-order valence-electron chi connectivity index (χ4n) is 3.81. The molecule has 0 amide bonds. The summed E-state index contributed by atoms with van der Waals surface area (Å²) in [5.74, 6) is -0.506. The monoisotopic (exact) mass is 476 g/mol. The molecule has 170 valence electrons. The van der Waals surface area contributed by atoms with Gasteiger partial charge in [0.05, 0.1) is 5.69 Å². The zero-order valence-electron chi connectivity index (χ0n) is 18.2. The summed E-state index contributed by atoms with van der Waals surface area (Å²) in [5, 5.41) is 8.88. The highest BCUT2D eigenvalue weighted by Crippen LogP contribution is 2.24. The quantitative estimate of drug-likeness (QED) is 0.562. The van der Waals surface area contributed by atoms with Crippen molar-refractivity contribution >= 4 is 33.2 Å². The lowest BCUT2D eigenvalue weighted by atomic mass is 10.2. The summed E-state index contributed by atoms with van der Waals surface area (Å²) in [6, 6.07) is 9.23. The van der Waals surface area contributed by atoms with Crippen molar-refractivity contribution in [3.05, 3.63) is 58.5 Å². The van der Waals surface area contributed by atoms with Gasteiger partial charge in [0.25, 0.3) is 15.9 Å². The number of aromatic nitrogens is 4. The molecule has 1 saturated heterocycles. The normalized spacial score (nSPS) is 15.3. The Labute approximate surface area is 192 Å². The summed E-state index contributed by atoms with van der Waals surface area (Å²) in [6.45, 7) is 7.45. The minimum atomic E-state index is -3.96. The molecule has 32 heavy (non-hydrogen) atoms. The topological polar surface area (TPSA) is 93.3 Å². The van der Waals surface area contributed by atoms with Gasteiger partial charge in [-0.15, -0.1) is 0 Å². The Kier molecular flexibility index (Phi) is 6.11. The molecule has 0 aliphatic carbocycles. The first-order chi connectivity index (χ1) is 15.2. The zero-order valence-corrected chi connectivity index (χ0v) is 19.8. The molecule has 1 aliphatic rings. The molecule has 0 saturated carbocycles. The van der Waals surface area contributed by atoms with Crippen molar-refractivity contribution in [2.75, 3.05) is 31.1 Å². The van der Waals surface area contributed by atoms with Crippen LogP contribution in [0.25, 0.3) is 0 Å². The molecule has 0 unspecified atom stereocenters. The van der Waals surface area contributed by atoms with Gasteiger partial charge in [-0.1, -0.05) is 11.6 Å². The van der Waals surface area contributed by atoms with E-state index in [0.29, 0.717) is 36.0 Å². The van der Waals surface area contributed by atoms with Crippen molar-refractivity contribution in [1.29, 1.82) is 0 Å². The predicted octanol–water partition coefficient (Wildman–Crippen LogP) is 2.57. The van der Waals surface area contributed by atoms with Crippen LogP contribution < -0.4 is 4.90 Å². The summed E-state index contributed by atoms with van der Waals surface area (Å²) in [4.78, 5) is 15.3. The second-order valence-electron chi connectivity index (χ2n) is 7.72. The van der Waals surface area contributed by atoms with Gasteiger partial charge in [-0.3, -0.25) is 9.48 Å². The molecule has 9 nitrogen and oxygen atoms in total. The Morgan fingerprint density at radius 2 is 1.72 bits per heavy atom. The SMILES string of the molecule is CCn1cc(C(=O)n2nc(C)cc2C)c(S(=O)(=O)N2CCN(c3ccc(Cl)cc3)CC2)n1.